The number of Topliss-reactive ketones (excluding diaryl/α,β-unsaturated/α-hetero) is 1. The van der Waals surface area contributed by atoms with Crippen LogP contribution in [-0.4, -0.2) is 11.6 Å². The standard InChI is InChI=1S/C19H26O2/c1-18-9-7-13(20)11-12(18)3-4-14-15-5-6-17(21)19(15,2)10-8-16(14)18/h7,9,12,14-16H,3-6,8,10-11H2,1-2H3/t12-,14+,15+,16+,18+,19+/m1/s1. The zero-order valence-corrected chi connectivity index (χ0v) is 13.2. The number of allylic oxidation sites excluding steroid dienone is 2. The zero-order chi connectivity index (χ0) is 14.8. The summed E-state index contributed by atoms with van der Waals surface area (Å²) in [6, 6.07) is 0. The molecule has 0 N–H and O–H groups in total. The van der Waals surface area contributed by atoms with Crippen LogP contribution < -0.4 is 0 Å². The third-order valence-electron chi connectivity index (χ3n) is 7.75. The van der Waals surface area contributed by atoms with Gasteiger partial charge in [-0.25, -0.2) is 0 Å². The topological polar surface area (TPSA) is 34.1 Å². The van der Waals surface area contributed by atoms with Crippen LogP contribution in [0.3, 0.4) is 0 Å². The Kier molecular flexibility index (Phi) is 2.81. The van der Waals surface area contributed by atoms with E-state index in [1.54, 1.807) is 0 Å². The van der Waals surface area contributed by atoms with E-state index in [9.17, 15) is 9.59 Å². The molecule has 4 aliphatic rings. The Morgan fingerprint density at radius 3 is 2.67 bits per heavy atom. The summed E-state index contributed by atoms with van der Waals surface area (Å²) in [5.41, 5.74) is 0.169. The van der Waals surface area contributed by atoms with E-state index < -0.39 is 0 Å². The van der Waals surface area contributed by atoms with Gasteiger partial charge < -0.3 is 0 Å². The maximum absolute atomic E-state index is 12.4. The number of rotatable bonds is 0. The van der Waals surface area contributed by atoms with E-state index >= 15 is 0 Å². The predicted molar refractivity (Wildman–Crippen MR) is 81.6 cm³/mol. The van der Waals surface area contributed by atoms with Crippen molar-refractivity contribution in [3.05, 3.63) is 12.2 Å². The molecule has 2 nitrogen and oxygen atoms in total. The quantitative estimate of drug-likeness (QED) is 0.676. The molecule has 4 rings (SSSR count). The molecule has 3 saturated carbocycles. The van der Waals surface area contributed by atoms with Crippen molar-refractivity contribution in [3.63, 3.8) is 0 Å². The van der Waals surface area contributed by atoms with E-state index in [0.29, 0.717) is 35.2 Å². The van der Waals surface area contributed by atoms with Gasteiger partial charge in [0.2, 0.25) is 0 Å². The van der Waals surface area contributed by atoms with Crippen molar-refractivity contribution >= 4 is 11.6 Å². The summed E-state index contributed by atoms with van der Waals surface area (Å²) in [6.07, 6.45) is 11.4. The van der Waals surface area contributed by atoms with Gasteiger partial charge in [-0.05, 0) is 67.3 Å². The smallest absolute Gasteiger partial charge is 0.155 e. The second-order valence-electron chi connectivity index (χ2n) is 8.44. The molecule has 6 atom stereocenters. The van der Waals surface area contributed by atoms with Crippen molar-refractivity contribution in [2.45, 2.75) is 58.8 Å². The highest BCUT2D eigenvalue weighted by molar-refractivity contribution is 5.91. The third-order valence-corrected chi connectivity index (χ3v) is 7.75. The van der Waals surface area contributed by atoms with E-state index in [2.05, 4.69) is 19.9 Å². The minimum atomic E-state index is -0.0292. The first-order chi connectivity index (χ1) is 9.95. The van der Waals surface area contributed by atoms with Crippen LogP contribution in [0.2, 0.25) is 0 Å². The van der Waals surface area contributed by atoms with Crippen LogP contribution in [0.4, 0.5) is 0 Å². The lowest BCUT2D eigenvalue weighted by Gasteiger charge is -2.57. The van der Waals surface area contributed by atoms with E-state index in [0.717, 1.165) is 25.7 Å². The summed E-state index contributed by atoms with van der Waals surface area (Å²) in [5, 5.41) is 0. The maximum Gasteiger partial charge on any atom is 0.155 e. The maximum atomic E-state index is 12.4. The summed E-state index contributed by atoms with van der Waals surface area (Å²) in [4.78, 5) is 24.1. The van der Waals surface area contributed by atoms with Crippen molar-refractivity contribution in [1.29, 1.82) is 0 Å². The Labute approximate surface area is 127 Å². The fraction of sp³-hybridized carbons (Fsp3) is 0.789. The highest BCUT2D eigenvalue weighted by atomic mass is 16.1. The molecule has 0 radical (unpaired) electrons. The van der Waals surface area contributed by atoms with Crippen LogP contribution in [0.5, 0.6) is 0 Å². The average Bonchev–Trinajstić information content (AvgIpc) is 2.76. The zero-order valence-electron chi connectivity index (χ0n) is 13.2. The first-order valence-corrected chi connectivity index (χ1v) is 8.70. The number of hydrogen-bond acceptors (Lipinski definition) is 2. The molecule has 0 aromatic carbocycles. The molecule has 0 saturated heterocycles. The molecule has 0 heterocycles. The minimum Gasteiger partial charge on any atom is -0.299 e. The largest absolute Gasteiger partial charge is 0.299 e. The van der Waals surface area contributed by atoms with Gasteiger partial charge in [0.25, 0.3) is 0 Å². The van der Waals surface area contributed by atoms with Crippen molar-refractivity contribution in [3.8, 4) is 0 Å². The second-order valence-corrected chi connectivity index (χ2v) is 8.44. The Balaban J connectivity index is 1.70. The number of hydrogen-bond donors (Lipinski definition) is 0. The van der Waals surface area contributed by atoms with Crippen LogP contribution in [0.25, 0.3) is 0 Å². The van der Waals surface area contributed by atoms with Gasteiger partial charge in [0.15, 0.2) is 5.78 Å². The monoisotopic (exact) mass is 286 g/mol. The van der Waals surface area contributed by atoms with Gasteiger partial charge in [-0.1, -0.05) is 19.9 Å². The summed E-state index contributed by atoms with van der Waals surface area (Å²) < 4.78 is 0. The normalized spacial score (nSPS) is 52.3. The molecule has 0 bridgehead atoms. The molecular formula is C19H26O2. The van der Waals surface area contributed by atoms with E-state index in [1.807, 2.05) is 6.08 Å². The van der Waals surface area contributed by atoms with E-state index in [-0.39, 0.29) is 10.8 Å². The molecule has 0 amide bonds. The van der Waals surface area contributed by atoms with E-state index in [1.165, 1.54) is 19.3 Å². The SMILES string of the molecule is C[C@]12C=CC(=O)C[C@H]1CC[C@@H]1[C@@H]2CC[C@]2(C)C(=O)CC[C@@H]12. The molecule has 0 aromatic rings. The predicted octanol–water partition coefficient (Wildman–Crippen LogP) is 3.94. The van der Waals surface area contributed by atoms with Gasteiger partial charge >= 0.3 is 0 Å². The Bertz CT molecular complexity index is 534. The summed E-state index contributed by atoms with van der Waals surface area (Å²) in [7, 11) is 0. The Morgan fingerprint density at radius 2 is 1.86 bits per heavy atom. The van der Waals surface area contributed by atoms with Crippen LogP contribution in [0, 0.1) is 34.5 Å². The fourth-order valence-electron chi connectivity index (χ4n) is 6.41. The molecular weight excluding hydrogens is 260 g/mol. The van der Waals surface area contributed by atoms with Gasteiger partial charge in [-0.2, -0.15) is 0 Å². The number of carbonyl (C=O) groups excluding carboxylic acids is 2. The first kappa shape index (κ1) is 13.7. The first-order valence-electron chi connectivity index (χ1n) is 8.70. The number of carbonyl (C=O) groups is 2. The van der Waals surface area contributed by atoms with E-state index in [4.69, 9.17) is 0 Å². The van der Waals surface area contributed by atoms with Crippen LogP contribution >= 0.6 is 0 Å². The average molecular weight is 286 g/mol. The van der Waals surface area contributed by atoms with Gasteiger partial charge in [-0.15, -0.1) is 0 Å². The highest BCUT2D eigenvalue weighted by Gasteiger charge is 2.59. The van der Waals surface area contributed by atoms with Gasteiger partial charge in [0.1, 0.15) is 5.78 Å². The second kappa shape index (κ2) is 4.30. The van der Waals surface area contributed by atoms with Gasteiger partial charge in [0.05, 0.1) is 0 Å². The molecule has 114 valence electrons. The Hall–Kier alpha value is -0.920. The van der Waals surface area contributed by atoms with Crippen LogP contribution in [0.1, 0.15) is 58.8 Å². The van der Waals surface area contributed by atoms with Crippen molar-refractivity contribution in [1.82, 2.24) is 0 Å². The van der Waals surface area contributed by atoms with Gasteiger partial charge in [-0.3, -0.25) is 9.59 Å². The third kappa shape index (κ3) is 1.71. The molecule has 21 heavy (non-hydrogen) atoms. The summed E-state index contributed by atoms with van der Waals surface area (Å²) >= 11 is 0. The fourth-order valence-corrected chi connectivity index (χ4v) is 6.41. The number of ketones is 2. The lowest BCUT2D eigenvalue weighted by molar-refractivity contribution is -0.135. The van der Waals surface area contributed by atoms with Crippen LogP contribution in [0.15, 0.2) is 12.2 Å². The molecule has 2 heteroatoms. The Morgan fingerprint density at radius 1 is 1.05 bits per heavy atom. The minimum absolute atomic E-state index is 0.0292. The molecule has 0 spiro atoms. The van der Waals surface area contributed by atoms with Crippen molar-refractivity contribution < 1.29 is 9.59 Å². The molecule has 4 aliphatic carbocycles. The van der Waals surface area contributed by atoms with Crippen molar-refractivity contribution in [2.24, 2.45) is 34.5 Å². The number of fused-ring (bicyclic) bond motifs is 5. The summed E-state index contributed by atoms with van der Waals surface area (Å²) in [5.74, 6) is 3.37. The molecule has 0 aliphatic heterocycles. The summed E-state index contributed by atoms with van der Waals surface area (Å²) in [6.45, 7) is 4.62. The van der Waals surface area contributed by atoms with Crippen molar-refractivity contribution in [2.75, 3.05) is 0 Å². The molecule has 0 aromatic heterocycles. The molecule has 3 fully saturated rings. The lowest BCUT2D eigenvalue weighted by atomic mass is 9.46. The highest BCUT2D eigenvalue weighted by Crippen LogP contribution is 2.64. The van der Waals surface area contributed by atoms with Crippen LogP contribution in [-0.2, 0) is 9.59 Å². The molecule has 0 unspecified atom stereocenters. The van der Waals surface area contributed by atoms with Gasteiger partial charge in [0, 0.05) is 18.3 Å². The lowest BCUT2D eigenvalue weighted by Crippen LogP contribution is -2.52.